The van der Waals surface area contributed by atoms with E-state index < -0.39 is 6.10 Å². The number of amides is 1. The molecule has 5 nitrogen and oxygen atoms in total. The van der Waals surface area contributed by atoms with E-state index in [1.807, 2.05) is 39.0 Å². The van der Waals surface area contributed by atoms with Gasteiger partial charge in [-0.15, -0.1) is 0 Å². The molecule has 0 spiro atoms. The SMILES string of the molecule is CCC(N)(CC)CNC(=O)C1Oc2ccccc2OC1C. The van der Waals surface area contributed by atoms with E-state index in [1.165, 1.54) is 0 Å². The van der Waals surface area contributed by atoms with Gasteiger partial charge in [0.15, 0.2) is 11.5 Å². The molecule has 0 aliphatic carbocycles. The molecule has 0 fully saturated rings. The summed E-state index contributed by atoms with van der Waals surface area (Å²) in [4.78, 5) is 12.3. The zero-order valence-electron chi connectivity index (χ0n) is 12.9. The van der Waals surface area contributed by atoms with Crippen LogP contribution in [0.25, 0.3) is 0 Å². The summed E-state index contributed by atoms with van der Waals surface area (Å²) in [6, 6.07) is 7.36. The lowest BCUT2D eigenvalue weighted by Gasteiger charge is -2.32. The molecule has 2 rings (SSSR count). The Bertz CT molecular complexity index is 500. The molecule has 0 bridgehead atoms. The highest BCUT2D eigenvalue weighted by Crippen LogP contribution is 2.33. The van der Waals surface area contributed by atoms with Gasteiger partial charge in [0.2, 0.25) is 6.10 Å². The number of carbonyl (C=O) groups excluding carboxylic acids is 1. The number of para-hydroxylation sites is 2. The molecule has 116 valence electrons. The summed E-state index contributed by atoms with van der Waals surface area (Å²) in [5.41, 5.74) is 5.83. The Kier molecular flexibility index (Phi) is 4.73. The molecule has 3 N–H and O–H groups in total. The number of nitrogens with two attached hydrogens (primary N) is 1. The van der Waals surface area contributed by atoms with Crippen LogP contribution in [0.15, 0.2) is 24.3 Å². The highest BCUT2D eigenvalue weighted by molar-refractivity contribution is 5.82. The minimum atomic E-state index is -0.655. The van der Waals surface area contributed by atoms with Crippen LogP contribution in [0.5, 0.6) is 11.5 Å². The Labute approximate surface area is 125 Å². The molecule has 0 radical (unpaired) electrons. The van der Waals surface area contributed by atoms with Crippen molar-refractivity contribution in [3.8, 4) is 11.5 Å². The quantitative estimate of drug-likeness (QED) is 0.868. The first kappa shape index (κ1) is 15.6. The molecule has 1 heterocycles. The van der Waals surface area contributed by atoms with Crippen LogP contribution >= 0.6 is 0 Å². The fraction of sp³-hybridized carbons (Fsp3) is 0.562. The minimum Gasteiger partial charge on any atom is -0.482 e. The van der Waals surface area contributed by atoms with Gasteiger partial charge in [-0.25, -0.2) is 0 Å². The van der Waals surface area contributed by atoms with Gasteiger partial charge in [0.25, 0.3) is 5.91 Å². The third kappa shape index (κ3) is 3.47. The smallest absolute Gasteiger partial charge is 0.265 e. The number of ether oxygens (including phenoxy) is 2. The Morgan fingerprint density at radius 1 is 1.24 bits per heavy atom. The molecule has 0 aromatic heterocycles. The Morgan fingerprint density at radius 3 is 2.38 bits per heavy atom. The molecule has 0 saturated carbocycles. The third-order valence-electron chi connectivity index (χ3n) is 4.12. The van der Waals surface area contributed by atoms with E-state index in [4.69, 9.17) is 15.2 Å². The van der Waals surface area contributed by atoms with Gasteiger partial charge in [-0.05, 0) is 31.9 Å². The lowest BCUT2D eigenvalue weighted by atomic mass is 9.94. The van der Waals surface area contributed by atoms with Crippen LogP contribution in [-0.4, -0.2) is 30.2 Å². The van der Waals surface area contributed by atoms with Crippen molar-refractivity contribution in [3.05, 3.63) is 24.3 Å². The number of hydrogen-bond acceptors (Lipinski definition) is 4. The van der Waals surface area contributed by atoms with Crippen molar-refractivity contribution in [1.82, 2.24) is 5.32 Å². The van der Waals surface area contributed by atoms with Crippen molar-refractivity contribution in [2.24, 2.45) is 5.73 Å². The lowest BCUT2D eigenvalue weighted by Crippen LogP contribution is -2.55. The topological polar surface area (TPSA) is 73.6 Å². The summed E-state index contributed by atoms with van der Waals surface area (Å²) in [6.07, 6.45) is 0.627. The van der Waals surface area contributed by atoms with Gasteiger partial charge in [0.05, 0.1) is 0 Å². The van der Waals surface area contributed by atoms with Crippen LogP contribution in [-0.2, 0) is 4.79 Å². The van der Waals surface area contributed by atoms with Gasteiger partial charge in [-0.1, -0.05) is 26.0 Å². The van der Waals surface area contributed by atoms with Crippen LogP contribution in [0.4, 0.5) is 0 Å². The molecule has 2 atom stereocenters. The third-order valence-corrected chi connectivity index (χ3v) is 4.12. The summed E-state index contributed by atoms with van der Waals surface area (Å²) >= 11 is 0. The highest BCUT2D eigenvalue weighted by Gasteiger charge is 2.34. The van der Waals surface area contributed by atoms with E-state index in [9.17, 15) is 4.79 Å². The van der Waals surface area contributed by atoms with Crippen molar-refractivity contribution in [2.45, 2.75) is 51.4 Å². The van der Waals surface area contributed by atoms with Crippen LogP contribution in [0, 0.1) is 0 Å². The molecule has 1 aromatic rings. The molecule has 1 aliphatic rings. The molecule has 21 heavy (non-hydrogen) atoms. The van der Waals surface area contributed by atoms with E-state index in [0.29, 0.717) is 18.0 Å². The molecule has 1 amide bonds. The van der Waals surface area contributed by atoms with E-state index in [1.54, 1.807) is 6.07 Å². The number of fused-ring (bicyclic) bond motifs is 1. The second-order valence-corrected chi connectivity index (χ2v) is 5.60. The highest BCUT2D eigenvalue weighted by atomic mass is 16.6. The Hall–Kier alpha value is -1.75. The summed E-state index contributed by atoms with van der Waals surface area (Å²) in [7, 11) is 0. The fourth-order valence-corrected chi connectivity index (χ4v) is 2.27. The number of nitrogens with one attached hydrogen (secondary N) is 1. The summed E-state index contributed by atoms with van der Waals surface area (Å²) < 4.78 is 11.5. The second kappa shape index (κ2) is 6.35. The zero-order chi connectivity index (χ0) is 15.5. The average Bonchev–Trinajstić information content (AvgIpc) is 2.51. The minimum absolute atomic E-state index is 0.186. The lowest BCUT2D eigenvalue weighted by molar-refractivity contribution is -0.133. The van der Waals surface area contributed by atoms with E-state index in [0.717, 1.165) is 12.8 Å². The largest absolute Gasteiger partial charge is 0.482 e. The van der Waals surface area contributed by atoms with Gasteiger partial charge in [0.1, 0.15) is 6.10 Å². The molecule has 5 heteroatoms. The Balaban J connectivity index is 2.00. The molecular formula is C16H24N2O3. The molecular weight excluding hydrogens is 268 g/mol. The van der Waals surface area contributed by atoms with Crippen molar-refractivity contribution in [2.75, 3.05) is 6.54 Å². The predicted octanol–water partition coefficient (Wildman–Crippen LogP) is 1.85. The monoisotopic (exact) mass is 292 g/mol. The van der Waals surface area contributed by atoms with Gasteiger partial charge >= 0.3 is 0 Å². The van der Waals surface area contributed by atoms with Crippen LogP contribution in [0.1, 0.15) is 33.6 Å². The maximum Gasteiger partial charge on any atom is 0.265 e. The average molecular weight is 292 g/mol. The van der Waals surface area contributed by atoms with Gasteiger partial charge in [-0.3, -0.25) is 4.79 Å². The number of benzene rings is 1. The predicted molar refractivity (Wildman–Crippen MR) is 81.5 cm³/mol. The fourth-order valence-electron chi connectivity index (χ4n) is 2.27. The van der Waals surface area contributed by atoms with Crippen molar-refractivity contribution >= 4 is 5.91 Å². The first-order valence-corrected chi connectivity index (χ1v) is 7.48. The van der Waals surface area contributed by atoms with Gasteiger partial charge in [0, 0.05) is 12.1 Å². The second-order valence-electron chi connectivity index (χ2n) is 5.60. The molecule has 1 aromatic carbocycles. The van der Waals surface area contributed by atoms with E-state index >= 15 is 0 Å². The van der Waals surface area contributed by atoms with E-state index in [2.05, 4.69) is 5.32 Å². The maximum atomic E-state index is 12.3. The summed E-state index contributed by atoms with van der Waals surface area (Å²) in [5.74, 6) is 1.08. The molecule has 1 aliphatic heterocycles. The first-order valence-electron chi connectivity index (χ1n) is 7.48. The van der Waals surface area contributed by atoms with Crippen molar-refractivity contribution < 1.29 is 14.3 Å². The standard InChI is InChI=1S/C16H24N2O3/c1-4-16(17,5-2)10-18-15(19)14-11(3)20-12-8-6-7-9-13(12)21-14/h6-9,11,14H,4-5,10,17H2,1-3H3,(H,18,19). The number of hydrogen-bond donors (Lipinski definition) is 2. The van der Waals surface area contributed by atoms with Crippen LogP contribution in [0.3, 0.4) is 0 Å². The first-order chi connectivity index (χ1) is 9.99. The Morgan fingerprint density at radius 2 is 1.81 bits per heavy atom. The summed E-state index contributed by atoms with van der Waals surface area (Å²) in [6.45, 7) is 6.31. The normalized spacial score (nSPS) is 21.0. The number of rotatable bonds is 5. The number of carbonyl (C=O) groups is 1. The molecule has 0 saturated heterocycles. The van der Waals surface area contributed by atoms with Crippen LogP contribution < -0.4 is 20.5 Å². The van der Waals surface area contributed by atoms with E-state index in [-0.39, 0.29) is 17.6 Å². The molecule has 2 unspecified atom stereocenters. The van der Waals surface area contributed by atoms with Crippen molar-refractivity contribution in [1.29, 1.82) is 0 Å². The van der Waals surface area contributed by atoms with Crippen molar-refractivity contribution in [3.63, 3.8) is 0 Å². The zero-order valence-corrected chi connectivity index (χ0v) is 12.9. The van der Waals surface area contributed by atoms with Gasteiger partial charge in [-0.2, -0.15) is 0 Å². The summed E-state index contributed by atoms with van der Waals surface area (Å²) in [5, 5.41) is 2.89. The van der Waals surface area contributed by atoms with Crippen LogP contribution in [0.2, 0.25) is 0 Å². The van der Waals surface area contributed by atoms with Gasteiger partial charge < -0.3 is 20.5 Å². The maximum absolute atomic E-state index is 12.3.